The van der Waals surface area contributed by atoms with E-state index in [1.807, 2.05) is 18.2 Å². The second kappa shape index (κ2) is 11.8. The minimum absolute atomic E-state index is 0.0337. The van der Waals surface area contributed by atoms with Gasteiger partial charge in [-0.05, 0) is 24.0 Å². The number of allylic oxidation sites excluding steroid dienone is 1. The van der Waals surface area contributed by atoms with Crippen LogP contribution in [0.1, 0.15) is 24.8 Å². The summed E-state index contributed by atoms with van der Waals surface area (Å²) in [7, 11) is -1.27. The molecule has 0 N–H and O–H groups in total. The number of hydrogen-bond acceptors (Lipinski definition) is 1. The molecular weight excluding hydrogens is 355 g/mol. The summed E-state index contributed by atoms with van der Waals surface area (Å²) in [5, 5.41) is 0. The van der Waals surface area contributed by atoms with Gasteiger partial charge in [-0.1, -0.05) is 56.0 Å². The van der Waals surface area contributed by atoms with E-state index in [0.29, 0.717) is 18.4 Å². The Kier molecular flexibility index (Phi) is 10.5. The molecule has 0 amide bonds. The summed E-state index contributed by atoms with van der Waals surface area (Å²) in [6, 6.07) is 10.2. The van der Waals surface area contributed by atoms with E-state index in [4.69, 9.17) is 27.9 Å². The van der Waals surface area contributed by atoms with Gasteiger partial charge in [0.25, 0.3) is 0 Å². The van der Waals surface area contributed by atoms with E-state index in [0.717, 1.165) is 24.8 Å². The van der Waals surface area contributed by atoms with Crippen LogP contribution in [-0.2, 0) is 11.3 Å². The molecule has 0 saturated heterocycles. The van der Waals surface area contributed by atoms with Crippen molar-refractivity contribution in [2.24, 2.45) is 0 Å². The van der Waals surface area contributed by atoms with Crippen molar-refractivity contribution in [3.63, 3.8) is 0 Å². The number of hydrogen-bond donors (Lipinski definition) is 0. The molecule has 1 unspecified atom stereocenters. The first-order chi connectivity index (χ1) is 11.4. The van der Waals surface area contributed by atoms with Crippen LogP contribution >= 0.6 is 23.2 Å². The van der Waals surface area contributed by atoms with E-state index in [-0.39, 0.29) is 6.10 Å². The number of alkyl halides is 2. The van der Waals surface area contributed by atoms with Crippen LogP contribution in [0.4, 0.5) is 0 Å². The van der Waals surface area contributed by atoms with Crippen LogP contribution in [0.5, 0.6) is 0 Å². The zero-order valence-corrected chi connectivity index (χ0v) is 17.5. The van der Waals surface area contributed by atoms with Gasteiger partial charge >= 0.3 is 0 Å². The summed E-state index contributed by atoms with van der Waals surface area (Å²) >= 11 is 11.9. The number of rotatable bonds is 9. The lowest BCUT2D eigenvalue weighted by Gasteiger charge is -2.15. The Morgan fingerprint density at radius 1 is 1.17 bits per heavy atom. The molecule has 0 bridgehead atoms. The largest absolute Gasteiger partial charge is 0.369 e. The van der Waals surface area contributed by atoms with Gasteiger partial charge in [0.1, 0.15) is 8.07 Å². The summed E-state index contributed by atoms with van der Waals surface area (Å²) in [5.74, 6) is 4.22. The molecule has 24 heavy (non-hydrogen) atoms. The summed E-state index contributed by atoms with van der Waals surface area (Å²) < 4.78 is 6.08. The average Bonchev–Trinajstić information content (AvgIpc) is 2.56. The van der Waals surface area contributed by atoms with Gasteiger partial charge in [0, 0.05) is 18.2 Å². The first-order valence-electron chi connectivity index (χ1n) is 8.41. The molecule has 0 saturated carbocycles. The lowest BCUT2D eigenvalue weighted by molar-refractivity contribution is 0.0650. The molecule has 132 valence electrons. The van der Waals surface area contributed by atoms with Crippen molar-refractivity contribution >= 4 is 31.3 Å². The van der Waals surface area contributed by atoms with Crippen molar-refractivity contribution in [2.45, 2.75) is 51.6 Å². The Morgan fingerprint density at radius 2 is 1.83 bits per heavy atom. The monoisotopic (exact) mass is 382 g/mol. The van der Waals surface area contributed by atoms with Crippen molar-refractivity contribution in [3.05, 3.63) is 47.5 Å². The highest BCUT2D eigenvalue weighted by atomic mass is 35.5. The standard InChI is InChI=1S/C20H28Cl2OSi/c1-24(2,3)13-9-5-8-12-20(14-19(15-21)16-22)23-17-18-10-6-4-7-11-18/h4,6-7,10-11,14,20H,5,8,12,15-17H2,1-3H3. The number of benzene rings is 1. The Morgan fingerprint density at radius 3 is 2.42 bits per heavy atom. The van der Waals surface area contributed by atoms with Crippen LogP contribution in [0, 0.1) is 11.5 Å². The third kappa shape index (κ3) is 10.2. The van der Waals surface area contributed by atoms with Crippen molar-refractivity contribution in [3.8, 4) is 11.5 Å². The molecule has 0 fully saturated rings. The zero-order chi connectivity index (χ0) is 17.8. The van der Waals surface area contributed by atoms with Gasteiger partial charge in [-0.2, -0.15) is 0 Å². The van der Waals surface area contributed by atoms with Gasteiger partial charge in [0.05, 0.1) is 12.7 Å². The van der Waals surface area contributed by atoms with Crippen LogP contribution < -0.4 is 0 Å². The van der Waals surface area contributed by atoms with Crippen molar-refractivity contribution in [2.75, 3.05) is 11.8 Å². The number of unbranched alkanes of at least 4 members (excludes halogenated alkanes) is 1. The van der Waals surface area contributed by atoms with Crippen molar-refractivity contribution in [1.29, 1.82) is 0 Å². The highest BCUT2D eigenvalue weighted by Gasteiger charge is 2.09. The maximum Gasteiger partial charge on any atom is 0.129 e. The molecule has 1 aromatic rings. The normalized spacial score (nSPS) is 12.2. The Labute approximate surface area is 158 Å². The number of halogens is 2. The quantitative estimate of drug-likeness (QED) is 0.166. The van der Waals surface area contributed by atoms with Crippen molar-refractivity contribution in [1.82, 2.24) is 0 Å². The molecule has 1 aromatic carbocycles. The van der Waals surface area contributed by atoms with E-state index in [2.05, 4.69) is 49.3 Å². The van der Waals surface area contributed by atoms with Crippen molar-refractivity contribution < 1.29 is 4.74 Å². The maximum absolute atomic E-state index is 6.08. The molecule has 0 aliphatic rings. The molecular formula is C20H28Cl2OSi. The molecule has 0 heterocycles. The summed E-state index contributed by atoms with van der Waals surface area (Å²) in [5.41, 5.74) is 5.60. The summed E-state index contributed by atoms with van der Waals surface area (Å²) in [6.45, 7) is 7.39. The van der Waals surface area contributed by atoms with Gasteiger partial charge in [-0.15, -0.1) is 34.7 Å². The van der Waals surface area contributed by atoms with Gasteiger partial charge in [0.15, 0.2) is 0 Å². The Hall–Kier alpha value is -0.723. The fourth-order valence-corrected chi connectivity index (χ4v) is 3.22. The first-order valence-corrected chi connectivity index (χ1v) is 13.0. The SMILES string of the molecule is C[Si](C)(C)C#CCCCC(C=C(CCl)CCl)OCc1ccccc1. The van der Waals surface area contributed by atoms with Gasteiger partial charge < -0.3 is 4.74 Å². The topological polar surface area (TPSA) is 9.23 Å². The lowest BCUT2D eigenvalue weighted by Crippen LogP contribution is -2.16. The van der Waals surface area contributed by atoms with E-state index >= 15 is 0 Å². The highest BCUT2D eigenvalue weighted by molar-refractivity contribution is 6.83. The van der Waals surface area contributed by atoms with Gasteiger partial charge in [-0.3, -0.25) is 0 Å². The molecule has 0 radical (unpaired) electrons. The third-order valence-corrected chi connectivity index (χ3v) is 4.94. The second-order valence-corrected chi connectivity index (χ2v) is 12.2. The Balaban J connectivity index is 2.57. The summed E-state index contributed by atoms with van der Waals surface area (Å²) in [4.78, 5) is 0. The molecule has 0 aromatic heterocycles. The van der Waals surface area contributed by atoms with Gasteiger partial charge in [-0.25, -0.2) is 0 Å². The zero-order valence-electron chi connectivity index (χ0n) is 14.9. The van der Waals surface area contributed by atoms with E-state index in [9.17, 15) is 0 Å². The van der Waals surface area contributed by atoms with Crippen LogP contribution in [-0.4, -0.2) is 25.9 Å². The molecule has 0 aliphatic carbocycles. The fraction of sp³-hybridized carbons (Fsp3) is 0.500. The molecule has 4 heteroatoms. The Bertz CT molecular complexity index is 546. The van der Waals surface area contributed by atoms with Crippen LogP contribution in [0.15, 0.2) is 42.0 Å². The van der Waals surface area contributed by atoms with Crippen LogP contribution in [0.2, 0.25) is 19.6 Å². The molecule has 0 spiro atoms. The predicted octanol–water partition coefficient (Wildman–Crippen LogP) is 6.03. The second-order valence-electron chi connectivity index (χ2n) is 6.87. The lowest BCUT2D eigenvalue weighted by atomic mass is 10.1. The molecule has 1 nitrogen and oxygen atoms in total. The van der Waals surface area contributed by atoms with Crippen LogP contribution in [0.25, 0.3) is 0 Å². The average molecular weight is 383 g/mol. The van der Waals surface area contributed by atoms with E-state index in [1.54, 1.807) is 0 Å². The molecule has 1 rings (SSSR count). The number of ether oxygens (including phenoxy) is 1. The smallest absolute Gasteiger partial charge is 0.129 e. The maximum atomic E-state index is 6.08. The third-order valence-electron chi connectivity index (χ3n) is 3.33. The molecule has 0 aliphatic heterocycles. The predicted molar refractivity (Wildman–Crippen MR) is 110 cm³/mol. The minimum atomic E-state index is -1.27. The fourth-order valence-electron chi connectivity index (χ4n) is 2.10. The summed E-state index contributed by atoms with van der Waals surface area (Å²) in [6.07, 6.45) is 4.98. The van der Waals surface area contributed by atoms with E-state index < -0.39 is 8.07 Å². The minimum Gasteiger partial charge on any atom is -0.369 e. The van der Waals surface area contributed by atoms with Crippen LogP contribution in [0.3, 0.4) is 0 Å². The van der Waals surface area contributed by atoms with Gasteiger partial charge in [0.2, 0.25) is 0 Å². The first kappa shape index (κ1) is 21.3. The molecule has 1 atom stereocenters. The van der Waals surface area contributed by atoms with E-state index in [1.165, 1.54) is 5.56 Å². The highest BCUT2D eigenvalue weighted by Crippen LogP contribution is 2.14.